The minimum Gasteiger partial charge on any atom is -0.493 e. The molecule has 30 heavy (non-hydrogen) atoms. The highest BCUT2D eigenvalue weighted by Crippen LogP contribution is 2.36. The number of hydrogen-bond acceptors (Lipinski definition) is 5. The number of Topliss-reactive ketones (excluding diaryl/α,β-unsaturated/α-hetero) is 1. The van der Waals surface area contributed by atoms with Crippen molar-refractivity contribution in [3.63, 3.8) is 0 Å². The maximum atomic E-state index is 13.0. The number of allylic oxidation sites excluding steroid dienone is 1. The molecule has 1 fully saturated rings. The second-order valence-electron chi connectivity index (χ2n) is 9.40. The fourth-order valence-corrected chi connectivity index (χ4v) is 4.13. The second kappa shape index (κ2) is 8.13. The summed E-state index contributed by atoms with van der Waals surface area (Å²) in [4.78, 5) is 25.1. The zero-order chi connectivity index (χ0) is 21.3. The summed E-state index contributed by atoms with van der Waals surface area (Å²) >= 11 is 0. The molecular weight excluding hydrogens is 380 g/mol. The van der Waals surface area contributed by atoms with Crippen LogP contribution in [0.4, 0.5) is 0 Å². The normalized spacial score (nSPS) is 23.9. The smallest absolute Gasteiger partial charge is 0.306 e. The van der Waals surface area contributed by atoms with Gasteiger partial charge in [0.25, 0.3) is 0 Å². The zero-order valence-corrected chi connectivity index (χ0v) is 17.7. The van der Waals surface area contributed by atoms with Crippen LogP contribution in [0, 0.1) is 11.3 Å². The molecule has 0 aromatic heterocycles. The first-order valence-electron chi connectivity index (χ1n) is 10.5. The van der Waals surface area contributed by atoms with E-state index in [0.29, 0.717) is 31.4 Å². The molecule has 1 aliphatic heterocycles. The number of fused-ring (bicyclic) bond motifs is 2. The van der Waals surface area contributed by atoms with Crippen LogP contribution in [0.1, 0.15) is 46.5 Å². The number of hydrogen-bond donors (Lipinski definition) is 0. The lowest BCUT2D eigenvalue weighted by Gasteiger charge is -2.37. The molecule has 5 heteroatoms. The fraction of sp³-hybridized carbons (Fsp3) is 0.440. The van der Waals surface area contributed by atoms with Gasteiger partial charge < -0.3 is 14.2 Å². The number of ether oxygens (including phenoxy) is 3. The molecule has 2 aliphatic rings. The van der Waals surface area contributed by atoms with E-state index in [2.05, 4.69) is 0 Å². The van der Waals surface area contributed by atoms with E-state index in [4.69, 9.17) is 14.2 Å². The maximum Gasteiger partial charge on any atom is 0.306 e. The molecule has 0 bridgehead atoms. The van der Waals surface area contributed by atoms with E-state index in [9.17, 15) is 9.59 Å². The van der Waals surface area contributed by atoms with Gasteiger partial charge in [-0.3, -0.25) is 9.59 Å². The Labute approximate surface area is 177 Å². The SMILES string of the molecule is CC(C)(C)CC(=O)OC1CCC2C(=O)C(Oc3ccc4ccccc4c3)=COC2C1. The van der Waals surface area contributed by atoms with Gasteiger partial charge in [-0.15, -0.1) is 0 Å². The van der Waals surface area contributed by atoms with Crippen LogP contribution in [0.5, 0.6) is 5.75 Å². The van der Waals surface area contributed by atoms with E-state index in [1.807, 2.05) is 63.2 Å². The predicted octanol–water partition coefficient (Wildman–Crippen LogP) is 5.18. The summed E-state index contributed by atoms with van der Waals surface area (Å²) in [7, 11) is 0. The number of ketones is 1. The van der Waals surface area contributed by atoms with Gasteiger partial charge in [0, 0.05) is 6.42 Å². The van der Waals surface area contributed by atoms with Crippen molar-refractivity contribution >= 4 is 22.5 Å². The molecule has 3 atom stereocenters. The van der Waals surface area contributed by atoms with Crippen LogP contribution >= 0.6 is 0 Å². The molecule has 5 nitrogen and oxygen atoms in total. The van der Waals surface area contributed by atoms with Gasteiger partial charge >= 0.3 is 5.97 Å². The van der Waals surface area contributed by atoms with Crippen molar-refractivity contribution in [1.82, 2.24) is 0 Å². The van der Waals surface area contributed by atoms with Crippen molar-refractivity contribution in [2.45, 2.75) is 58.7 Å². The van der Waals surface area contributed by atoms with Crippen LogP contribution in [0.2, 0.25) is 0 Å². The topological polar surface area (TPSA) is 61.8 Å². The number of carbonyl (C=O) groups is 2. The largest absolute Gasteiger partial charge is 0.493 e. The Balaban J connectivity index is 1.39. The van der Waals surface area contributed by atoms with Crippen molar-refractivity contribution in [3.8, 4) is 5.75 Å². The molecule has 0 radical (unpaired) electrons. The minimum absolute atomic E-state index is 0.0427. The average molecular weight is 408 g/mol. The van der Waals surface area contributed by atoms with Gasteiger partial charge in [-0.2, -0.15) is 0 Å². The number of esters is 1. The quantitative estimate of drug-likeness (QED) is 0.653. The highest BCUT2D eigenvalue weighted by molar-refractivity contribution is 5.96. The Morgan fingerprint density at radius 2 is 1.87 bits per heavy atom. The molecule has 4 rings (SSSR count). The number of rotatable bonds is 4. The van der Waals surface area contributed by atoms with E-state index in [-0.39, 0.29) is 41.1 Å². The Morgan fingerprint density at radius 3 is 2.63 bits per heavy atom. The van der Waals surface area contributed by atoms with Gasteiger partial charge in [0.05, 0.1) is 12.3 Å². The van der Waals surface area contributed by atoms with E-state index < -0.39 is 0 Å². The first kappa shape index (κ1) is 20.5. The third-order valence-electron chi connectivity index (χ3n) is 5.59. The summed E-state index contributed by atoms with van der Waals surface area (Å²) in [6, 6.07) is 13.7. The van der Waals surface area contributed by atoms with Gasteiger partial charge in [0.2, 0.25) is 11.5 Å². The van der Waals surface area contributed by atoms with E-state index >= 15 is 0 Å². The third-order valence-corrected chi connectivity index (χ3v) is 5.59. The van der Waals surface area contributed by atoms with Crippen LogP contribution in [0.3, 0.4) is 0 Å². The molecule has 2 aromatic rings. The summed E-state index contributed by atoms with van der Waals surface area (Å²) in [5.41, 5.74) is -0.108. The summed E-state index contributed by atoms with van der Waals surface area (Å²) in [5.74, 6) is 0.348. The molecule has 3 unspecified atom stereocenters. The van der Waals surface area contributed by atoms with Crippen LogP contribution in [-0.4, -0.2) is 24.0 Å². The lowest BCUT2D eigenvalue weighted by atomic mass is 9.80. The third kappa shape index (κ3) is 4.66. The van der Waals surface area contributed by atoms with E-state index in [1.165, 1.54) is 6.26 Å². The first-order chi connectivity index (χ1) is 14.3. The molecule has 0 amide bonds. The number of benzene rings is 2. The standard InChI is InChI=1S/C25H28O5/c1-25(2,3)14-23(26)30-19-10-11-20-21(13-19)28-15-22(24(20)27)29-18-9-8-16-6-4-5-7-17(16)12-18/h4-9,12,15,19-21H,10-11,13-14H2,1-3H3. The number of carbonyl (C=O) groups excluding carboxylic acids is 2. The summed E-state index contributed by atoms with van der Waals surface area (Å²) in [6.07, 6.45) is 3.13. The Hall–Kier alpha value is -2.82. The summed E-state index contributed by atoms with van der Waals surface area (Å²) in [6.45, 7) is 6.03. The molecule has 0 N–H and O–H groups in total. The fourth-order valence-electron chi connectivity index (χ4n) is 4.13. The highest BCUT2D eigenvalue weighted by atomic mass is 16.5. The van der Waals surface area contributed by atoms with Crippen LogP contribution in [-0.2, 0) is 19.1 Å². The Morgan fingerprint density at radius 1 is 1.10 bits per heavy atom. The maximum absolute atomic E-state index is 13.0. The van der Waals surface area contributed by atoms with Gasteiger partial charge in [0.15, 0.2) is 0 Å². The van der Waals surface area contributed by atoms with Gasteiger partial charge in [0.1, 0.15) is 24.2 Å². The van der Waals surface area contributed by atoms with Gasteiger partial charge in [-0.1, -0.05) is 51.1 Å². The molecule has 0 spiro atoms. The lowest BCUT2D eigenvalue weighted by molar-refractivity contribution is -0.157. The lowest BCUT2D eigenvalue weighted by Crippen LogP contribution is -2.43. The van der Waals surface area contributed by atoms with Crippen molar-refractivity contribution < 1.29 is 23.8 Å². The van der Waals surface area contributed by atoms with Crippen LogP contribution in [0.15, 0.2) is 54.5 Å². The molecule has 158 valence electrons. The molecule has 1 saturated carbocycles. The van der Waals surface area contributed by atoms with E-state index in [0.717, 1.165) is 10.8 Å². The molecule has 1 heterocycles. The zero-order valence-electron chi connectivity index (χ0n) is 17.7. The molecular formula is C25H28O5. The summed E-state index contributed by atoms with van der Waals surface area (Å²) < 4.78 is 17.3. The molecule has 2 aromatic carbocycles. The van der Waals surface area contributed by atoms with Crippen molar-refractivity contribution in [2.24, 2.45) is 11.3 Å². The van der Waals surface area contributed by atoms with Crippen molar-refractivity contribution in [2.75, 3.05) is 0 Å². The molecule has 0 saturated heterocycles. The monoisotopic (exact) mass is 408 g/mol. The second-order valence-corrected chi connectivity index (χ2v) is 9.40. The van der Waals surface area contributed by atoms with E-state index in [1.54, 1.807) is 0 Å². The van der Waals surface area contributed by atoms with Crippen molar-refractivity contribution in [1.29, 1.82) is 0 Å². The minimum atomic E-state index is -0.275. The first-order valence-corrected chi connectivity index (χ1v) is 10.5. The van der Waals surface area contributed by atoms with Crippen LogP contribution < -0.4 is 4.74 Å². The molecule has 1 aliphatic carbocycles. The predicted molar refractivity (Wildman–Crippen MR) is 114 cm³/mol. The Bertz CT molecular complexity index is 984. The van der Waals surface area contributed by atoms with Crippen molar-refractivity contribution in [3.05, 3.63) is 54.5 Å². The highest BCUT2D eigenvalue weighted by Gasteiger charge is 2.42. The van der Waals surface area contributed by atoms with Gasteiger partial charge in [-0.05, 0) is 41.2 Å². The Kier molecular flexibility index (Phi) is 5.54. The summed E-state index contributed by atoms with van der Waals surface area (Å²) in [5, 5.41) is 2.17. The average Bonchev–Trinajstić information content (AvgIpc) is 2.68. The van der Waals surface area contributed by atoms with Crippen LogP contribution in [0.25, 0.3) is 10.8 Å². The van der Waals surface area contributed by atoms with Gasteiger partial charge in [-0.25, -0.2) is 0 Å².